The Hall–Kier alpha value is -4.35. The van der Waals surface area contributed by atoms with E-state index in [1.54, 1.807) is 17.3 Å². The number of aryl methyl sites for hydroxylation is 1. The minimum Gasteiger partial charge on any atom is -0.508 e. The molecule has 5 aromatic rings. The first-order valence-corrected chi connectivity index (χ1v) is 14.6. The summed E-state index contributed by atoms with van der Waals surface area (Å²) in [5.41, 5.74) is 8.52. The molecule has 0 radical (unpaired) electrons. The molecule has 1 aliphatic heterocycles. The van der Waals surface area contributed by atoms with E-state index < -0.39 is 10.0 Å². The van der Waals surface area contributed by atoms with Gasteiger partial charge in [0.15, 0.2) is 0 Å². The maximum atomic E-state index is 14.2. The fourth-order valence-electron chi connectivity index (χ4n) is 5.52. The van der Waals surface area contributed by atoms with Crippen LogP contribution in [0.5, 0.6) is 5.75 Å². The Kier molecular flexibility index (Phi) is 6.24. The summed E-state index contributed by atoms with van der Waals surface area (Å²) in [5, 5.41) is 10.0. The second-order valence-electron chi connectivity index (χ2n) is 9.94. The van der Waals surface area contributed by atoms with Crippen LogP contribution in [-0.2, 0) is 10.0 Å². The van der Waals surface area contributed by atoms with E-state index in [-0.39, 0.29) is 16.7 Å². The summed E-state index contributed by atoms with van der Waals surface area (Å²) < 4.78 is 29.9. The van der Waals surface area contributed by atoms with Crippen molar-refractivity contribution in [3.63, 3.8) is 0 Å². The van der Waals surface area contributed by atoms with Crippen LogP contribution in [0.25, 0.3) is 33.4 Å². The number of fused-ring (bicyclic) bond motifs is 3. The number of aromatic hydroxyl groups is 1. The fraction of sp³-hybridized carbons (Fsp3) is 0.118. The molecular formula is C34H29NO3S. The molecule has 0 bridgehead atoms. The molecule has 1 aliphatic rings. The molecule has 1 heterocycles. The first-order valence-electron chi connectivity index (χ1n) is 13.1. The maximum Gasteiger partial charge on any atom is 0.264 e. The van der Waals surface area contributed by atoms with Crippen molar-refractivity contribution in [1.29, 1.82) is 0 Å². The molecule has 0 aliphatic carbocycles. The number of rotatable bonds is 5. The summed E-state index contributed by atoms with van der Waals surface area (Å²) in [6.45, 7) is 3.72. The van der Waals surface area contributed by atoms with Crippen molar-refractivity contribution in [2.45, 2.75) is 31.2 Å². The topological polar surface area (TPSA) is 57.6 Å². The van der Waals surface area contributed by atoms with Gasteiger partial charge in [0.1, 0.15) is 5.75 Å². The van der Waals surface area contributed by atoms with Gasteiger partial charge < -0.3 is 5.11 Å². The molecule has 1 unspecified atom stereocenters. The van der Waals surface area contributed by atoms with E-state index in [1.165, 1.54) is 17.7 Å². The minimum atomic E-state index is -3.91. The first kappa shape index (κ1) is 25.0. The number of benzene rings is 5. The molecule has 0 saturated heterocycles. The van der Waals surface area contributed by atoms with Crippen LogP contribution in [0, 0.1) is 6.92 Å². The average molecular weight is 532 g/mol. The number of nitrogens with zero attached hydrogens (tertiary/aromatic N) is 1. The summed E-state index contributed by atoms with van der Waals surface area (Å²) in [4.78, 5) is 0.169. The van der Waals surface area contributed by atoms with E-state index in [0.29, 0.717) is 17.7 Å². The van der Waals surface area contributed by atoms with Crippen LogP contribution in [0.2, 0.25) is 0 Å². The quantitative estimate of drug-likeness (QED) is 0.248. The second kappa shape index (κ2) is 9.75. The molecule has 0 fully saturated rings. The zero-order chi connectivity index (χ0) is 27.1. The van der Waals surface area contributed by atoms with Crippen molar-refractivity contribution in [2.75, 3.05) is 4.31 Å². The molecule has 0 amide bonds. The van der Waals surface area contributed by atoms with E-state index in [1.807, 2.05) is 55.5 Å². The Morgan fingerprint density at radius 3 is 2.00 bits per heavy atom. The van der Waals surface area contributed by atoms with Crippen molar-refractivity contribution in [2.24, 2.45) is 0 Å². The normalized spacial score (nSPS) is 14.5. The number of phenolic OH excluding ortho intramolecular Hbond substituents is 1. The van der Waals surface area contributed by atoms with Gasteiger partial charge in [-0.1, -0.05) is 91.9 Å². The molecule has 0 saturated carbocycles. The van der Waals surface area contributed by atoms with Gasteiger partial charge in [0.05, 0.1) is 16.6 Å². The Bertz CT molecular complexity index is 1780. The molecule has 1 atom stereocenters. The third-order valence-electron chi connectivity index (χ3n) is 7.56. The molecule has 5 aromatic carbocycles. The molecule has 1 N–H and O–H groups in total. The van der Waals surface area contributed by atoms with Gasteiger partial charge >= 0.3 is 0 Å². The zero-order valence-electron chi connectivity index (χ0n) is 21.9. The van der Waals surface area contributed by atoms with Crippen LogP contribution in [-0.4, -0.2) is 13.5 Å². The number of hydrogen-bond donors (Lipinski definition) is 1. The lowest BCUT2D eigenvalue weighted by molar-refractivity contribution is 0.470. The maximum absolute atomic E-state index is 14.2. The van der Waals surface area contributed by atoms with E-state index in [2.05, 4.69) is 48.5 Å². The lowest BCUT2D eigenvalue weighted by Crippen LogP contribution is -2.37. The first-order chi connectivity index (χ1) is 18.9. The van der Waals surface area contributed by atoms with E-state index in [9.17, 15) is 13.5 Å². The van der Waals surface area contributed by atoms with Gasteiger partial charge in [0, 0.05) is 5.56 Å². The number of anilines is 1. The lowest BCUT2D eigenvalue weighted by atomic mass is 9.87. The van der Waals surface area contributed by atoms with Gasteiger partial charge in [-0.15, -0.1) is 0 Å². The second-order valence-corrected chi connectivity index (χ2v) is 11.8. The number of hydrogen-bond acceptors (Lipinski definition) is 3. The summed E-state index contributed by atoms with van der Waals surface area (Å²) in [6.07, 6.45) is 0.620. The largest absolute Gasteiger partial charge is 0.508 e. The molecule has 4 nitrogen and oxygen atoms in total. The Labute approximate surface area is 229 Å². The van der Waals surface area contributed by atoms with E-state index in [0.717, 1.165) is 33.4 Å². The lowest BCUT2D eigenvalue weighted by Gasteiger charge is -2.39. The highest BCUT2D eigenvalue weighted by Gasteiger charge is 2.38. The van der Waals surface area contributed by atoms with Gasteiger partial charge in [-0.3, -0.25) is 4.31 Å². The van der Waals surface area contributed by atoms with Gasteiger partial charge in [0.25, 0.3) is 10.0 Å². The predicted molar refractivity (Wildman–Crippen MR) is 158 cm³/mol. The highest BCUT2D eigenvalue weighted by Crippen LogP contribution is 2.49. The van der Waals surface area contributed by atoms with Crippen LogP contribution < -0.4 is 4.31 Å². The Morgan fingerprint density at radius 1 is 0.692 bits per heavy atom. The van der Waals surface area contributed by atoms with Crippen LogP contribution >= 0.6 is 0 Å². The van der Waals surface area contributed by atoms with Gasteiger partial charge in [0.2, 0.25) is 0 Å². The fourth-order valence-corrected chi connectivity index (χ4v) is 7.33. The van der Waals surface area contributed by atoms with Crippen molar-refractivity contribution in [1.82, 2.24) is 0 Å². The molecule has 0 aromatic heterocycles. The van der Waals surface area contributed by atoms with Crippen LogP contribution in [0.1, 0.15) is 30.5 Å². The van der Waals surface area contributed by atoms with E-state index in [4.69, 9.17) is 0 Å². The van der Waals surface area contributed by atoms with Crippen molar-refractivity contribution < 1.29 is 13.5 Å². The minimum absolute atomic E-state index is 0.0771. The van der Waals surface area contributed by atoms with Gasteiger partial charge in [-0.25, -0.2) is 8.42 Å². The average Bonchev–Trinajstić information content (AvgIpc) is 2.98. The summed E-state index contributed by atoms with van der Waals surface area (Å²) >= 11 is 0. The summed E-state index contributed by atoms with van der Waals surface area (Å²) in [6, 6.07) is 37.0. The Balaban J connectivity index is 1.49. The molecule has 39 heavy (non-hydrogen) atoms. The zero-order valence-corrected chi connectivity index (χ0v) is 22.7. The predicted octanol–water partition coefficient (Wildman–Crippen LogP) is 8.36. The van der Waals surface area contributed by atoms with Crippen molar-refractivity contribution in [3.8, 4) is 39.1 Å². The molecule has 5 heteroatoms. The standard InChI is InChI=1S/C34H29NO3S/c1-3-32-30-12-8-7-11-29(30)31-22-27(26-15-13-25(14-16-26)24-9-5-4-6-10-24)17-19-33(31)35(32)39(37,38)28-18-20-34(36)23(2)21-28/h4-22,32,36H,3H2,1-2H3. The molecular weight excluding hydrogens is 502 g/mol. The molecule has 0 spiro atoms. The van der Waals surface area contributed by atoms with Crippen LogP contribution in [0.3, 0.4) is 0 Å². The van der Waals surface area contributed by atoms with Gasteiger partial charge in [-0.2, -0.15) is 0 Å². The smallest absolute Gasteiger partial charge is 0.264 e. The van der Waals surface area contributed by atoms with Crippen molar-refractivity contribution in [3.05, 3.63) is 126 Å². The number of sulfonamides is 1. The van der Waals surface area contributed by atoms with E-state index >= 15 is 0 Å². The third-order valence-corrected chi connectivity index (χ3v) is 9.38. The summed E-state index contributed by atoms with van der Waals surface area (Å²) in [7, 11) is -3.91. The monoisotopic (exact) mass is 531 g/mol. The van der Waals surface area contributed by atoms with Gasteiger partial charge in [-0.05, 0) is 82.6 Å². The third kappa shape index (κ3) is 4.29. The number of phenols is 1. The van der Waals surface area contributed by atoms with Crippen LogP contribution in [0.15, 0.2) is 120 Å². The highest BCUT2D eigenvalue weighted by atomic mass is 32.2. The summed E-state index contributed by atoms with van der Waals surface area (Å²) in [5.74, 6) is 0.0771. The highest BCUT2D eigenvalue weighted by molar-refractivity contribution is 7.92. The molecule has 194 valence electrons. The molecule has 6 rings (SSSR count). The van der Waals surface area contributed by atoms with Crippen LogP contribution in [0.4, 0.5) is 5.69 Å². The SMILES string of the molecule is CCC1c2ccccc2-c2cc(-c3ccc(-c4ccccc4)cc3)ccc2N1S(=O)(=O)c1ccc(O)c(C)c1. The Morgan fingerprint density at radius 2 is 1.31 bits per heavy atom. The van der Waals surface area contributed by atoms with Crippen molar-refractivity contribution >= 4 is 15.7 Å².